The van der Waals surface area contributed by atoms with Crippen molar-refractivity contribution in [3.8, 4) is 0 Å². The third-order valence-corrected chi connectivity index (χ3v) is 3.94. The van der Waals surface area contributed by atoms with Crippen molar-refractivity contribution < 1.29 is 4.79 Å². The van der Waals surface area contributed by atoms with Crippen LogP contribution in [0.25, 0.3) is 0 Å². The van der Waals surface area contributed by atoms with Crippen LogP contribution in [-0.2, 0) is 0 Å². The molecular formula is C19H18ClN3O. The summed E-state index contributed by atoms with van der Waals surface area (Å²) in [6.07, 6.45) is 1.58. The van der Waals surface area contributed by atoms with E-state index in [1.165, 1.54) is 5.56 Å². The monoisotopic (exact) mass is 339 g/mol. The van der Waals surface area contributed by atoms with Crippen LogP contribution in [0.15, 0.2) is 66.9 Å². The van der Waals surface area contributed by atoms with Crippen LogP contribution >= 0.6 is 11.6 Å². The summed E-state index contributed by atoms with van der Waals surface area (Å²) < 4.78 is 0. The van der Waals surface area contributed by atoms with Gasteiger partial charge in [-0.3, -0.25) is 4.79 Å². The van der Waals surface area contributed by atoms with Gasteiger partial charge in [0.15, 0.2) is 0 Å². The number of rotatable bonds is 5. The van der Waals surface area contributed by atoms with Gasteiger partial charge < -0.3 is 15.6 Å². The van der Waals surface area contributed by atoms with Crippen LogP contribution in [0, 0.1) is 0 Å². The van der Waals surface area contributed by atoms with E-state index < -0.39 is 0 Å². The lowest BCUT2D eigenvalue weighted by Gasteiger charge is -2.16. The maximum atomic E-state index is 12.1. The second kappa shape index (κ2) is 7.23. The van der Waals surface area contributed by atoms with E-state index in [1.54, 1.807) is 12.3 Å². The molecule has 0 radical (unpaired) electrons. The smallest absolute Gasteiger partial charge is 0.272 e. The molecule has 3 N–H and O–H groups in total. The van der Waals surface area contributed by atoms with Gasteiger partial charge >= 0.3 is 0 Å². The topological polar surface area (TPSA) is 56.9 Å². The van der Waals surface area contributed by atoms with Crippen LogP contribution in [0.3, 0.4) is 0 Å². The van der Waals surface area contributed by atoms with E-state index in [1.807, 2.05) is 42.5 Å². The summed E-state index contributed by atoms with van der Waals surface area (Å²) in [5, 5.41) is 6.77. The number of anilines is 2. The fourth-order valence-corrected chi connectivity index (χ4v) is 2.59. The molecule has 3 aromatic rings. The van der Waals surface area contributed by atoms with Crippen LogP contribution < -0.4 is 10.6 Å². The van der Waals surface area contributed by atoms with E-state index in [9.17, 15) is 4.79 Å². The minimum absolute atomic E-state index is 0.202. The zero-order valence-electron chi connectivity index (χ0n) is 13.2. The number of benzene rings is 2. The Morgan fingerprint density at radius 3 is 2.33 bits per heavy atom. The van der Waals surface area contributed by atoms with Crippen LogP contribution in [0.1, 0.15) is 29.0 Å². The highest BCUT2D eigenvalue weighted by atomic mass is 35.5. The van der Waals surface area contributed by atoms with Gasteiger partial charge in [0.25, 0.3) is 5.91 Å². The van der Waals surface area contributed by atoms with Gasteiger partial charge in [-0.2, -0.15) is 0 Å². The molecule has 0 aliphatic heterocycles. The quantitative estimate of drug-likeness (QED) is 0.606. The summed E-state index contributed by atoms with van der Waals surface area (Å²) in [5.74, 6) is -0.222. The van der Waals surface area contributed by atoms with Gasteiger partial charge in [0.05, 0.1) is 5.02 Å². The van der Waals surface area contributed by atoms with E-state index >= 15 is 0 Å². The van der Waals surface area contributed by atoms with Gasteiger partial charge in [-0.15, -0.1) is 0 Å². The Kier molecular flexibility index (Phi) is 4.87. The number of carbonyl (C=O) groups excluding carboxylic acids is 1. The summed E-state index contributed by atoms with van der Waals surface area (Å²) >= 11 is 5.81. The van der Waals surface area contributed by atoms with Gasteiger partial charge in [-0.1, -0.05) is 41.9 Å². The molecule has 0 bridgehead atoms. The summed E-state index contributed by atoms with van der Waals surface area (Å²) in [6, 6.07) is 19.6. The average Bonchev–Trinajstić information content (AvgIpc) is 3.04. The predicted molar refractivity (Wildman–Crippen MR) is 98.7 cm³/mol. The van der Waals surface area contributed by atoms with Crippen molar-refractivity contribution in [3.63, 3.8) is 0 Å². The number of hydrogen-bond donors (Lipinski definition) is 3. The van der Waals surface area contributed by atoms with Crippen LogP contribution in [0.2, 0.25) is 5.02 Å². The van der Waals surface area contributed by atoms with Crippen LogP contribution in [0.4, 0.5) is 11.4 Å². The Hall–Kier alpha value is -2.72. The molecule has 1 unspecified atom stereocenters. The van der Waals surface area contributed by atoms with Crippen molar-refractivity contribution in [2.24, 2.45) is 0 Å². The average molecular weight is 340 g/mol. The first kappa shape index (κ1) is 16.1. The number of aromatic nitrogens is 1. The van der Waals surface area contributed by atoms with Crippen molar-refractivity contribution in [3.05, 3.63) is 83.1 Å². The summed E-state index contributed by atoms with van der Waals surface area (Å²) in [4.78, 5) is 14.9. The van der Waals surface area contributed by atoms with Gasteiger partial charge in [0, 0.05) is 23.6 Å². The first-order valence-corrected chi connectivity index (χ1v) is 8.06. The maximum Gasteiger partial charge on any atom is 0.272 e. The standard InChI is InChI=1S/C19H18ClN3O/c1-13(14-5-3-2-4-6-14)22-16-7-9-17(10-8-16)23-19(24)18-11-15(20)12-21-18/h2-13,21-22H,1H3,(H,23,24). The van der Waals surface area contributed by atoms with E-state index in [2.05, 4.69) is 34.7 Å². The molecule has 1 aromatic heterocycles. The van der Waals surface area contributed by atoms with Gasteiger partial charge in [-0.05, 0) is 42.8 Å². The van der Waals surface area contributed by atoms with Crippen molar-refractivity contribution in [2.75, 3.05) is 10.6 Å². The number of halogens is 1. The molecule has 0 aliphatic rings. The fraction of sp³-hybridized carbons (Fsp3) is 0.105. The number of amides is 1. The predicted octanol–water partition coefficient (Wildman–Crippen LogP) is 5.09. The lowest BCUT2D eigenvalue weighted by molar-refractivity contribution is 0.102. The second-order valence-electron chi connectivity index (χ2n) is 5.54. The molecule has 0 aliphatic carbocycles. The number of H-pyrrole nitrogens is 1. The Balaban J connectivity index is 1.62. The molecule has 2 aromatic carbocycles. The molecular weight excluding hydrogens is 322 g/mol. The normalized spacial score (nSPS) is 11.8. The van der Waals surface area contributed by atoms with Crippen LogP contribution in [0.5, 0.6) is 0 Å². The molecule has 0 spiro atoms. The second-order valence-corrected chi connectivity index (χ2v) is 5.98. The Bertz CT molecular complexity index is 812. The van der Waals surface area contributed by atoms with Gasteiger partial charge in [0.2, 0.25) is 0 Å². The van der Waals surface area contributed by atoms with Gasteiger partial charge in [-0.25, -0.2) is 0 Å². The van der Waals surface area contributed by atoms with Crippen molar-refractivity contribution in [2.45, 2.75) is 13.0 Å². The molecule has 0 saturated heterocycles. The Morgan fingerprint density at radius 2 is 1.71 bits per heavy atom. The molecule has 24 heavy (non-hydrogen) atoms. The molecule has 1 amide bonds. The third kappa shape index (κ3) is 3.97. The first-order chi connectivity index (χ1) is 11.6. The molecule has 0 saturated carbocycles. The maximum absolute atomic E-state index is 12.1. The van der Waals surface area contributed by atoms with Crippen LogP contribution in [-0.4, -0.2) is 10.9 Å². The largest absolute Gasteiger partial charge is 0.379 e. The Morgan fingerprint density at radius 1 is 1.04 bits per heavy atom. The summed E-state index contributed by atoms with van der Waals surface area (Å²) in [5.41, 5.74) is 3.37. The molecule has 3 rings (SSSR count). The number of aromatic amines is 1. The van der Waals surface area contributed by atoms with E-state index in [4.69, 9.17) is 11.6 Å². The lowest BCUT2D eigenvalue weighted by atomic mass is 10.1. The van der Waals surface area contributed by atoms with E-state index in [0.29, 0.717) is 10.7 Å². The van der Waals surface area contributed by atoms with Crippen molar-refractivity contribution >= 4 is 28.9 Å². The molecule has 5 heteroatoms. The lowest BCUT2D eigenvalue weighted by Crippen LogP contribution is -2.12. The zero-order valence-corrected chi connectivity index (χ0v) is 14.0. The molecule has 1 heterocycles. The van der Waals surface area contributed by atoms with E-state index in [0.717, 1.165) is 11.4 Å². The Labute approximate surface area is 145 Å². The summed E-state index contributed by atoms with van der Waals surface area (Å²) in [6.45, 7) is 2.11. The zero-order chi connectivity index (χ0) is 16.9. The van der Waals surface area contributed by atoms with Crippen molar-refractivity contribution in [1.29, 1.82) is 0 Å². The fourth-order valence-electron chi connectivity index (χ4n) is 2.42. The number of carbonyl (C=O) groups is 1. The molecule has 4 nitrogen and oxygen atoms in total. The van der Waals surface area contributed by atoms with Gasteiger partial charge in [0.1, 0.15) is 5.69 Å². The molecule has 122 valence electrons. The van der Waals surface area contributed by atoms with Crippen molar-refractivity contribution in [1.82, 2.24) is 4.98 Å². The SMILES string of the molecule is CC(Nc1ccc(NC(=O)c2cc(Cl)c[nH]2)cc1)c1ccccc1. The highest BCUT2D eigenvalue weighted by molar-refractivity contribution is 6.31. The minimum atomic E-state index is -0.222. The molecule has 1 atom stereocenters. The summed E-state index contributed by atoms with van der Waals surface area (Å²) in [7, 11) is 0. The first-order valence-electron chi connectivity index (χ1n) is 7.68. The van der Waals surface area contributed by atoms with E-state index in [-0.39, 0.29) is 11.9 Å². The third-order valence-electron chi connectivity index (χ3n) is 3.72. The number of hydrogen-bond acceptors (Lipinski definition) is 2. The molecule has 0 fully saturated rings. The number of nitrogens with one attached hydrogen (secondary N) is 3. The minimum Gasteiger partial charge on any atom is -0.379 e. The highest BCUT2D eigenvalue weighted by Crippen LogP contribution is 2.21. The highest BCUT2D eigenvalue weighted by Gasteiger charge is 2.09.